The molecule has 24 heavy (non-hydrogen) atoms. The first-order valence-electron chi connectivity index (χ1n) is 10.3. The molecule has 5 unspecified atom stereocenters. The Morgan fingerprint density at radius 1 is 1.12 bits per heavy atom. The summed E-state index contributed by atoms with van der Waals surface area (Å²) in [6.07, 6.45) is 9.26. The molecule has 1 N–H and O–H groups in total. The molecule has 4 rings (SSSR count). The third-order valence-electron chi connectivity index (χ3n) is 8.15. The van der Waals surface area contributed by atoms with Crippen LogP contribution in [0, 0.1) is 30.6 Å². The number of aryl methyl sites for hydroxylation is 1. The number of rotatable bonds is 4. The Hall–Kier alpha value is -0.980. The van der Waals surface area contributed by atoms with Crippen LogP contribution in [0.25, 0.3) is 0 Å². The molecular formula is C23H34O. The Bertz CT molecular complexity index is 629. The lowest BCUT2D eigenvalue weighted by atomic mass is 9.65. The summed E-state index contributed by atoms with van der Waals surface area (Å²) >= 11 is 0. The minimum Gasteiger partial charge on any atom is -0.507 e. The topological polar surface area (TPSA) is 20.2 Å². The van der Waals surface area contributed by atoms with Crippen LogP contribution in [0.2, 0.25) is 0 Å². The van der Waals surface area contributed by atoms with Gasteiger partial charge in [0.1, 0.15) is 5.75 Å². The van der Waals surface area contributed by atoms with Crippen LogP contribution in [0.3, 0.4) is 0 Å². The van der Waals surface area contributed by atoms with Gasteiger partial charge in [-0.25, -0.2) is 0 Å². The van der Waals surface area contributed by atoms with Crippen LogP contribution >= 0.6 is 0 Å². The van der Waals surface area contributed by atoms with Gasteiger partial charge < -0.3 is 5.11 Å². The Kier molecular flexibility index (Phi) is 3.97. The fraction of sp³-hybridized carbons (Fsp3) is 0.739. The summed E-state index contributed by atoms with van der Waals surface area (Å²) in [4.78, 5) is 0. The lowest BCUT2D eigenvalue weighted by Crippen LogP contribution is -2.34. The van der Waals surface area contributed by atoms with Crippen molar-refractivity contribution in [3.8, 4) is 5.75 Å². The highest BCUT2D eigenvalue weighted by Gasteiger charge is 2.59. The van der Waals surface area contributed by atoms with E-state index in [1.165, 1.54) is 48.8 Å². The van der Waals surface area contributed by atoms with E-state index >= 15 is 0 Å². The van der Waals surface area contributed by atoms with Crippen molar-refractivity contribution in [1.29, 1.82) is 0 Å². The molecule has 0 amide bonds. The van der Waals surface area contributed by atoms with Crippen molar-refractivity contribution in [2.75, 3.05) is 0 Å². The molecule has 3 fully saturated rings. The van der Waals surface area contributed by atoms with Crippen LogP contribution in [0.5, 0.6) is 5.75 Å². The van der Waals surface area contributed by atoms with Gasteiger partial charge in [-0.1, -0.05) is 38.5 Å². The van der Waals surface area contributed by atoms with Gasteiger partial charge in [-0.15, -0.1) is 0 Å². The van der Waals surface area contributed by atoms with E-state index in [2.05, 4.69) is 39.8 Å². The van der Waals surface area contributed by atoms with Crippen molar-refractivity contribution in [1.82, 2.24) is 0 Å². The number of aromatic hydroxyl groups is 1. The zero-order valence-electron chi connectivity index (χ0n) is 15.9. The molecule has 0 spiro atoms. The summed E-state index contributed by atoms with van der Waals surface area (Å²) in [7, 11) is 0. The summed E-state index contributed by atoms with van der Waals surface area (Å²) in [5.74, 6) is 4.80. The normalized spacial score (nSPS) is 37.4. The molecule has 1 aromatic carbocycles. The first-order chi connectivity index (χ1) is 11.5. The van der Waals surface area contributed by atoms with E-state index in [1.807, 2.05) is 0 Å². The van der Waals surface area contributed by atoms with Gasteiger partial charge in [-0.2, -0.15) is 0 Å². The highest BCUT2D eigenvalue weighted by atomic mass is 16.3. The minimum absolute atomic E-state index is 0.196. The average Bonchev–Trinajstić information content (AvgIpc) is 3.25. The zero-order valence-corrected chi connectivity index (χ0v) is 15.9. The third-order valence-corrected chi connectivity index (χ3v) is 8.15. The van der Waals surface area contributed by atoms with Crippen molar-refractivity contribution >= 4 is 0 Å². The maximum atomic E-state index is 11.3. The lowest BCUT2D eigenvalue weighted by Gasteiger charge is -2.39. The molecule has 1 aromatic rings. The van der Waals surface area contributed by atoms with E-state index in [9.17, 15) is 5.11 Å². The summed E-state index contributed by atoms with van der Waals surface area (Å²) < 4.78 is 0. The number of fused-ring (bicyclic) bond motifs is 5. The summed E-state index contributed by atoms with van der Waals surface area (Å²) in [6.45, 7) is 9.19. The van der Waals surface area contributed by atoms with Gasteiger partial charge in [-0.3, -0.25) is 0 Å². The molecule has 0 saturated heterocycles. The van der Waals surface area contributed by atoms with Crippen LogP contribution in [-0.4, -0.2) is 5.11 Å². The quantitative estimate of drug-likeness (QED) is 0.686. The highest BCUT2D eigenvalue weighted by molar-refractivity contribution is 5.50. The molecule has 0 heterocycles. The number of hydrogen-bond donors (Lipinski definition) is 1. The molecule has 0 aromatic heterocycles. The molecule has 3 aliphatic carbocycles. The Labute approximate surface area is 147 Å². The fourth-order valence-electron chi connectivity index (χ4n) is 7.05. The van der Waals surface area contributed by atoms with Gasteiger partial charge >= 0.3 is 0 Å². The van der Waals surface area contributed by atoms with Crippen LogP contribution in [0.15, 0.2) is 12.1 Å². The predicted octanol–water partition coefficient (Wildman–Crippen LogP) is 6.32. The summed E-state index contributed by atoms with van der Waals surface area (Å²) in [6, 6.07) is 4.56. The molecule has 2 bridgehead atoms. The molecule has 1 nitrogen and oxygen atoms in total. The third kappa shape index (κ3) is 2.19. The van der Waals surface area contributed by atoms with E-state index in [0.29, 0.717) is 11.7 Å². The van der Waals surface area contributed by atoms with Crippen LogP contribution in [0.4, 0.5) is 0 Å². The molecular weight excluding hydrogens is 292 g/mol. The smallest absolute Gasteiger partial charge is 0.122 e. The molecule has 132 valence electrons. The van der Waals surface area contributed by atoms with Gasteiger partial charge in [0.05, 0.1) is 0 Å². The molecule has 0 radical (unpaired) electrons. The maximum absolute atomic E-state index is 11.3. The van der Waals surface area contributed by atoms with Crippen LogP contribution in [-0.2, 0) is 5.41 Å². The fourth-order valence-corrected chi connectivity index (χ4v) is 7.05. The summed E-state index contributed by atoms with van der Waals surface area (Å²) in [5, 5.41) is 11.3. The van der Waals surface area contributed by atoms with E-state index in [4.69, 9.17) is 0 Å². The SMILES string of the molecule is CCC(CC)c1cc(C)cc(C2(C)CCC3C4CCC(C4)C32)c1O. The van der Waals surface area contributed by atoms with Gasteiger partial charge in [0.2, 0.25) is 0 Å². The molecule has 5 atom stereocenters. The maximum Gasteiger partial charge on any atom is 0.122 e. The Balaban J connectivity index is 1.79. The average molecular weight is 327 g/mol. The predicted molar refractivity (Wildman–Crippen MR) is 101 cm³/mol. The number of phenolic OH excluding ortho intramolecular Hbond substituents is 1. The van der Waals surface area contributed by atoms with Gasteiger partial charge in [0.15, 0.2) is 0 Å². The van der Waals surface area contributed by atoms with Crippen molar-refractivity contribution in [2.24, 2.45) is 23.7 Å². The minimum atomic E-state index is 0.196. The van der Waals surface area contributed by atoms with E-state index < -0.39 is 0 Å². The molecule has 3 saturated carbocycles. The second kappa shape index (κ2) is 5.78. The second-order valence-corrected chi connectivity index (χ2v) is 9.24. The van der Waals surface area contributed by atoms with Crippen LogP contribution < -0.4 is 0 Å². The van der Waals surface area contributed by atoms with Gasteiger partial charge in [-0.05, 0) is 92.4 Å². The monoisotopic (exact) mass is 326 g/mol. The summed E-state index contributed by atoms with van der Waals surface area (Å²) in [5.41, 5.74) is 4.02. The van der Waals surface area contributed by atoms with E-state index in [-0.39, 0.29) is 5.41 Å². The van der Waals surface area contributed by atoms with Gasteiger partial charge in [0.25, 0.3) is 0 Å². The van der Waals surface area contributed by atoms with Crippen molar-refractivity contribution in [3.63, 3.8) is 0 Å². The molecule has 3 aliphatic rings. The van der Waals surface area contributed by atoms with Crippen molar-refractivity contribution in [2.45, 2.75) is 84.0 Å². The number of hydrogen-bond acceptors (Lipinski definition) is 1. The Morgan fingerprint density at radius 2 is 1.83 bits per heavy atom. The number of phenols is 1. The lowest BCUT2D eigenvalue weighted by molar-refractivity contribution is 0.189. The standard InChI is InChI=1S/C23H34O/c1-5-15(6-2)19-11-14(3)12-20(22(19)24)23(4)10-9-18-16-7-8-17(13-16)21(18)23/h11-12,15-18,21,24H,5-10,13H2,1-4H3. The van der Waals surface area contributed by atoms with Crippen LogP contribution in [0.1, 0.15) is 88.3 Å². The first kappa shape index (κ1) is 16.5. The number of benzene rings is 1. The van der Waals surface area contributed by atoms with Gasteiger partial charge in [0, 0.05) is 5.56 Å². The highest BCUT2D eigenvalue weighted by Crippen LogP contribution is 2.66. The molecule has 1 heteroatoms. The zero-order chi connectivity index (χ0) is 17.1. The Morgan fingerprint density at radius 3 is 2.54 bits per heavy atom. The van der Waals surface area contributed by atoms with Crippen molar-refractivity contribution in [3.05, 3.63) is 28.8 Å². The van der Waals surface area contributed by atoms with E-state index in [1.54, 1.807) is 0 Å². The first-order valence-corrected chi connectivity index (χ1v) is 10.3. The molecule has 0 aliphatic heterocycles. The largest absolute Gasteiger partial charge is 0.507 e. The second-order valence-electron chi connectivity index (χ2n) is 9.24. The van der Waals surface area contributed by atoms with Crippen molar-refractivity contribution < 1.29 is 5.11 Å². The van der Waals surface area contributed by atoms with E-state index in [0.717, 1.165) is 36.5 Å².